The van der Waals surface area contributed by atoms with Crippen LogP contribution in [-0.2, 0) is 0 Å². The number of benzene rings is 2. The molecule has 1 N–H and O–H groups in total. The molecule has 100 valence electrons. The molecular weight excluding hydrogens is 500 g/mol. The molecule has 0 aliphatic carbocycles. The summed E-state index contributed by atoms with van der Waals surface area (Å²) in [6, 6.07) is 11.3. The summed E-state index contributed by atoms with van der Waals surface area (Å²) in [6.45, 7) is 0. The molecule has 0 radical (unpaired) electrons. The topological polar surface area (TPSA) is 53.8 Å². The van der Waals surface area contributed by atoms with E-state index in [9.17, 15) is 4.79 Å². The number of fused-ring (bicyclic) bond motifs is 1. The van der Waals surface area contributed by atoms with Crippen molar-refractivity contribution < 1.29 is 4.79 Å². The second kappa shape index (κ2) is 5.93. The van der Waals surface area contributed by atoms with Crippen LogP contribution < -0.4 is 5.32 Å². The molecule has 1 amide bonds. The summed E-state index contributed by atoms with van der Waals surface area (Å²) in [5, 5.41) is 2.92. The van der Waals surface area contributed by atoms with Crippen LogP contribution in [0.15, 0.2) is 48.8 Å². The molecule has 0 fully saturated rings. The number of rotatable bonds is 2. The third-order valence-electron chi connectivity index (χ3n) is 2.71. The summed E-state index contributed by atoms with van der Waals surface area (Å²) in [4.78, 5) is 12.4. The minimum absolute atomic E-state index is 0.104. The van der Waals surface area contributed by atoms with Gasteiger partial charge >= 0.3 is 144 Å². The normalized spacial score (nSPS) is 11.9. The third kappa shape index (κ3) is 2.81. The van der Waals surface area contributed by atoms with E-state index in [1.165, 1.54) is 0 Å². The van der Waals surface area contributed by atoms with Crippen LogP contribution in [0.25, 0.3) is 0 Å². The molecule has 0 saturated heterocycles. The Labute approximate surface area is 143 Å². The first-order chi connectivity index (χ1) is 9.65. The molecule has 0 atom stereocenters. The van der Waals surface area contributed by atoms with Crippen LogP contribution in [0, 0.1) is 3.57 Å². The molecule has 7 heteroatoms. The van der Waals surface area contributed by atoms with Gasteiger partial charge in [-0.1, -0.05) is 0 Å². The molecule has 0 unspecified atom stereocenters. The van der Waals surface area contributed by atoms with E-state index in [4.69, 9.17) is 0 Å². The molecule has 0 aromatic heterocycles. The van der Waals surface area contributed by atoms with Crippen molar-refractivity contribution in [3.63, 3.8) is 0 Å². The van der Waals surface area contributed by atoms with Crippen LogP contribution in [-0.4, -0.2) is 20.5 Å². The molecule has 0 saturated carbocycles. The SMILES string of the molecule is O=C(Nc1cccc2c1N=[Se]=N2)c1cc(Br)ccc1I. The molecule has 2 aromatic rings. The molecular formula is C13H7BrIN3OSe. The van der Waals surface area contributed by atoms with Crippen LogP contribution in [0.4, 0.5) is 17.1 Å². The van der Waals surface area contributed by atoms with Crippen molar-refractivity contribution in [1.29, 1.82) is 0 Å². The van der Waals surface area contributed by atoms with E-state index in [1.807, 2.05) is 36.4 Å². The van der Waals surface area contributed by atoms with Crippen molar-refractivity contribution in [1.82, 2.24) is 0 Å². The number of amides is 1. The Balaban J connectivity index is 1.93. The number of carbonyl (C=O) groups is 1. The van der Waals surface area contributed by atoms with Gasteiger partial charge in [-0.3, -0.25) is 0 Å². The van der Waals surface area contributed by atoms with Gasteiger partial charge in [-0.05, 0) is 0 Å². The summed E-state index contributed by atoms with van der Waals surface area (Å²) in [5.41, 5.74) is 2.99. The quantitative estimate of drug-likeness (QED) is 0.399. The van der Waals surface area contributed by atoms with E-state index in [2.05, 4.69) is 51.8 Å². The zero-order valence-corrected chi connectivity index (χ0v) is 15.4. The van der Waals surface area contributed by atoms with Gasteiger partial charge in [0.2, 0.25) is 0 Å². The van der Waals surface area contributed by atoms with Crippen molar-refractivity contribution in [3.05, 3.63) is 50.0 Å². The van der Waals surface area contributed by atoms with Gasteiger partial charge in [0, 0.05) is 0 Å². The number of carbonyl (C=O) groups excluding carboxylic acids is 1. The second-order valence-corrected chi connectivity index (χ2v) is 7.20. The molecule has 2 aromatic carbocycles. The molecule has 4 nitrogen and oxygen atoms in total. The summed E-state index contributed by atoms with van der Waals surface area (Å²) >= 11 is 5.43. The average Bonchev–Trinajstić information content (AvgIpc) is 2.91. The summed E-state index contributed by atoms with van der Waals surface area (Å²) in [5.74, 6) is -0.140. The molecule has 20 heavy (non-hydrogen) atoms. The van der Waals surface area contributed by atoms with Gasteiger partial charge in [-0.25, -0.2) is 0 Å². The van der Waals surface area contributed by atoms with Crippen LogP contribution >= 0.6 is 38.5 Å². The first-order valence-corrected chi connectivity index (χ1v) is 9.03. The van der Waals surface area contributed by atoms with Gasteiger partial charge in [0.05, 0.1) is 0 Å². The van der Waals surface area contributed by atoms with Gasteiger partial charge in [0.1, 0.15) is 0 Å². The predicted molar refractivity (Wildman–Crippen MR) is 91.2 cm³/mol. The van der Waals surface area contributed by atoms with Crippen molar-refractivity contribution in [2.45, 2.75) is 0 Å². The maximum atomic E-state index is 12.4. The number of nitrogens with zero attached hydrogens (tertiary/aromatic N) is 2. The Morgan fingerprint density at radius 3 is 2.95 bits per heavy atom. The zero-order valence-electron chi connectivity index (χ0n) is 9.93. The Kier molecular flexibility index (Phi) is 4.21. The molecule has 0 bridgehead atoms. The molecule has 0 spiro atoms. The van der Waals surface area contributed by atoms with E-state index in [-0.39, 0.29) is 20.5 Å². The van der Waals surface area contributed by atoms with Gasteiger partial charge in [0.15, 0.2) is 0 Å². The fourth-order valence-corrected chi connectivity index (χ4v) is 3.86. The number of halogens is 2. The number of hydrogen-bond donors (Lipinski definition) is 1. The Morgan fingerprint density at radius 1 is 1.25 bits per heavy atom. The predicted octanol–water partition coefficient (Wildman–Crippen LogP) is 4.65. The minimum atomic E-state index is -0.140. The Bertz CT molecular complexity index is 787. The van der Waals surface area contributed by atoms with Crippen LogP contribution in [0.3, 0.4) is 0 Å². The summed E-state index contributed by atoms with van der Waals surface area (Å²) in [7, 11) is 0. The van der Waals surface area contributed by atoms with Gasteiger partial charge < -0.3 is 0 Å². The molecule has 3 rings (SSSR count). The molecule has 1 aliphatic heterocycles. The maximum absolute atomic E-state index is 12.4. The van der Waals surface area contributed by atoms with Gasteiger partial charge in [-0.15, -0.1) is 0 Å². The van der Waals surface area contributed by atoms with Crippen LogP contribution in [0.1, 0.15) is 10.4 Å². The monoisotopic (exact) mass is 507 g/mol. The first-order valence-electron chi connectivity index (χ1n) is 5.63. The zero-order chi connectivity index (χ0) is 14.1. The number of nitrogens with one attached hydrogen (secondary N) is 1. The van der Waals surface area contributed by atoms with Gasteiger partial charge in [-0.2, -0.15) is 0 Å². The van der Waals surface area contributed by atoms with E-state index < -0.39 is 0 Å². The van der Waals surface area contributed by atoms with Gasteiger partial charge in [0.25, 0.3) is 0 Å². The standard InChI is InChI=1S/C13H7BrIN3OSe/c14-7-4-5-9(15)8(6-7)13(19)16-10-2-1-3-11-12(10)18-20-17-11/h1-6H,(H,16,19). The fourth-order valence-electron chi connectivity index (χ4n) is 1.77. The van der Waals surface area contributed by atoms with Crippen molar-refractivity contribution in [3.8, 4) is 0 Å². The second-order valence-electron chi connectivity index (χ2n) is 4.02. The van der Waals surface area contributed by atoms with Crippen molar-refractivity contribution in [2.24, 2.45) is 7.92 Å². The average molecular weight is 507 g/mol. The van der Waals surface area contributed by atoms with E-state index >= 15 is 0 Å². The van der Waals surface area contributed by atoms with Crippen molar-refractivity contribution >= 4 is 76.1 Å². The van der Waals surface area contributed by atoms with Crippen LogP contribution in [0.2, 0.25) is 0 Å². The summed E-state index contributed by atoms with van der Waals surface area (Å²) < 4.78 is 10.4. The molecule has 1 heterocycles. The summed E-state index contributed by atoms with van der Waals surface area (Å²) in [6.07, 6.45) is 0. The van der Waals surface area contributed by atoms with Crippen LogP contribution in [0.5, 0.6) is 0 Å². The fraction of sp³-hybridized carbons (Fsp3) is 0. The Hall–Kier alpha value is -0.761. The number of hydrogen-bond acceptors (Lipinski definition) is 3. The Morgan fingerprint density at radius 2 is 2.10 bits per heavy atom. The van der Waals surface area contributed by atoms with Crippen molar-refractivity contribution in [2.75, 3.05) is 5.32 Å². The molecule has 1 aliphatic rings. The van der Waals surface area contributed by atoms with E-state index in [0.29, 0.717) is 11.3 Å². The van der Waals surface area contributed by atoms with E-state index in [0.717, 1.165) is 19.4 Å². The number of anilines is 1. The first kappa shape index (κ1) is 14.2. The third-order valence-corrected chi connectivity index (χ3v) is 5.28. The van der Waals surface area contributed by atoms with E-state index in [1.54, 1.807) is 0 Å².